The Bertz CT molecular complexity index is 1430. The summed E-state index contributed by atoms with van der Waals surface area (Å²) in [6.07, 6.45) is 0.938. The standard InChI is InChI=1S/C36H43NO7/c1-25(2)43-35(40)19-8-4-7-17-32(38)31-24-33(39)36(37(41)42)30(31)23-22-28(21-20-26-12-5-3-6-13-26)44-34-18-11-15-27-14-9-10-16-29(27)34/h3,5-6,9-16,18,25,28,30-33,36,38-39H,4,8,19-24H2,1-2H3/t28-,30+,31-,32?,33?,36?/m0/s1. The number of hydrogen-bond donors (Lipinski definition) is 2. The number of aliphatic hydroxyl groups is 2. The number of carbonyl (C=O) groups excluding carboxylic acids is 1. The molecule has 3 aromatic carbocycles. The number of benzene rings is 3. The van der Waals surface area contributed by atoms with Gasteiger partial charge in [-0.25, -0.2) is 0 Å². The molecule has 44 heavy (non-hydrogen) atoms. The SMILES string of the molecule is CC(C)OC(=O)CCCC#CC(O)[C@H]1CC(O)C([N+](=O)[O-])[C@@H]1CC[C@H](CCc1ccccc1)Oc1cccc2ccccc12. The highest BCUT2D eigenvalue weighted by molar-refractivity contribution is 5.88. The molecule has 0 radical (unpaired) electrons. The van der Waals surface area contributed by atoms with Gasteiger partial charge in [0.05, 0.1) is 12.2 Å². The number of unbranched alkanes of at least 4 members (excludes halogenated alkanes) is 1. The van der Waals surface area contributed by atoms with Gasteiger partial charge in [0.15, 0.2) is 0 Å². The second kappa shape index (κ2) is 16.2. The molecule has 6 atom stereocenters. The maximum absolute atomic E-state index is 12.1. The van der Waals surface area contributed by atoms with E-state index in [9.17, 15) is 25.1 Å². The maximum Gasteiger partial charge on any atom is 0.306 e. The molecule has 0 spiro atoms. The summed E-state index contributed by atoms with van der Waals surface area (Å²) in [5, 5.41) is 35.8. The third-order valence-electron chi connectivity index (χ3n) is 8.31. The Balaban J connectivity index is 1.46. The van der Waals surface area contributed by atoms with E-state index in [1.54, 1.807) is 13.8 Å². The van der Waals surface area contributed by atoms with E-state index in [1.165, 1.54) is 5.56 Å². The van der Waals surface area contributed by atoms with E-state index in [0.717, 1.165) is 22.9 Å². The first-order valence-corrected chi connectivity index (χ1v) is 15.6. The van der Waals surface area contributed by atoms with Gasteiger partial charge in [0.1, 0.15) is 18.0 Å². The van der Waals surface area contributed by atoms with Gasteiger partial charge < -0.3 is 19.7 Å². The van der Waals surface area contributed by atoms with Gasteiger partial charge in [0.2, 0.25) is 6.04 Å². The van der Waals surface area contributed by atoms with Crippen LogP contribution in [-0.4, -0.2) is 51.6 Å². The molecule has 8 nitrogen and oxygen atoms in total. The van der Waals surface area contributed by atoms with Gasteiger partial charge in [-0.15, -0.1) is 5.92 Å². The molecule has 0 bridgehead atoms. The average molecular weight is 602 g/mol. The van der Waals surface area contributed by atoms with E-state index in [0.29, 0.717) is 32.1 Å². The number of hydrogen-bond acceptors (Lipinski definition) is 7. The molecule has 0 aliphatic heterocycles. The molecule has 1 saturated carbocycles. The summed E-state index contributed by atoms with van der Waals surface area (Å²) in [5.41, 5.74) is 1.18. The van der Waals surface area contributed by atoms with Crippen LogP contribution >= 0.6 is 0 Å². The molecule has 234 valence electrons. The van der Waals surface area contributed by atoms with Crippen molar-refractivity contribution < 1.29 is 29.4 Å². The van der Waals surface area contributed by atoms with Crippen molar-refractivity contribution in [3.8, 4) is 17.6 Å². The minimum Gasteiger partial charge on any atom is -0.490 e. The summed E-state index contributed by atoms with van der Waals surface area (Å²) in [6.45, 7) is 3.58. The number of nitrogens with zero attached hydrogens (tertiary/aromatic N) is 1. The molecular formula is C36H43NO7. The van der Waals surface area contributed by atoms with Crippen LogP contribution in [0.4, 0.5) is 0 Å². The zero-order chi connectivity index (χ0) is 31.5. The third kappa shape index (κ3) is 9.28. The highest BCUT2D eigenvalue weighted by Crippen LogP contribution is 2.40. The predicted octanol–water partition coefficient (Wildman–Crippen LogP) is 6.13. The molecule has 1 aliphatic carbocycles. The number of fused-ring (bicyclic) bond motifs is 1. The number of ether oxygens (including phenoxy) is 2. The Kier molecular flexibility index (Phi) is 12.2. The van der Waals surface area contributed by atoms with E-state index < -0.39 is 35.0 Å². The summed E-state index contributed by atoms with van der Waals surface area (Å²) in [6, 6.07) is 22.9. The fraction of sp³-hybridized carbons (Fsp3) is 0.472. The lowest BCUT2D eigenvalue weighted by Gasteiger charge is -2.26. The second-order valence-corrected chi connectivity index (χ2v) is 11.9. The lowest BCUT2D eigenvalue weighted by Crippen LogP contribution is -2.36. The van der Waals surface area contributed by atoms with Crippen LogP contribution in [0.5, 0.6) is 5.75 Å². The van der Waals surface area contributed by atoms with Crippen molar-refractivity contribution in [3.63, 3.8) is 0 Å². The van der Waals surface area contributed by atoms with Crippen LogP contribution in [0.3, 0.4) is 0 Å². The van der Waals surface area contributed by atoms with Crippen molar-refractivity contribution in [1.29, 1.82) is 0 Å². The van der Waals surface area contributed by atoms with Gasteiger partial charge in [0, 0.05) is 35.0 Å². The topological polar surface area (TPSA) is 119 Å². The Morgan fingerprint density at radius 3 is 2.52 bits per heavy atom. The second-order valence-electron chi connectivity index (χ2n) is 11.9. The summed E-state index contributed by atoms with van der Waals surface area (Å²) in [7, 11) is 0. The number of aryl methyl sites for hydroxylation is 1. The van der Waals surface area contributed by atoms with Crippen LogP contribution in [0, 0.1) is 33.8 Å². The van der Waals surface area contributed by atoms with Crippen LogP contribution < -0.4 is 4.74 Å². The summed E-state index contributed by atoms with van der Waals surface area (Å²) >= 11 is 0. The van der Waals surface area contributed by atoms with Crippen LogP contribution in [0.25, 0.3) is 10.8 Å². The van der Waals surface area contributed by atoms with E-state index in [-0.39, 0.29) is 31.0 Å². The first-order valence-electron chi connectivity index (χ1n) is 15.6. The Morgan fingerprint density at radius 2 is 1.77 bits per heavy atom. The van der Waals surface area contributed by atoms with Crippen LogP contribution in [0.2, 0.25) is 0 Å². The van der Waals surface area contributed by atoms with Gasteiger partial charge in [-0.05, 0) is 69.4 Å². The Hall–Kier alpha value is -3.93. The molecule has 0 saturated heterocycles. The van der Waals surface area contributed by atoms with E-state index in [4.69, 9.17) is 9.47 Å². The van der Waals surface area contributed by atoms with Gasteiger partial charge in [-0.3, -0.25) is 14.9 Å². The number of rotatable bonds is 14. The molecular weight excluding hydrogens is 558 g/mol. The van der Waals surface area contributed by atoms with E-state index in [2.05, 4.69) is 24.0 Å². The highest BCUT2D eigenvalue weighted by Gasteiger charge is 2.52. The monoisotopic (exact) mass is 601 g/mol. The molecule has 4 rings (SSSR count). The molecule has 3 aromatic rings. The van der Waals surface area contributed by atoms with Gasteiger partial charge >= 0.3 is 5.97 Å². The molecule has 0 aromatic heterocycles. The number of nitro groups is 1. The van der Waals surface area contributed by atoms with Gasteiger partial charge in [-0.1, -0.05) is 72.7 Å². The van der Waals surface area contributed by atoms with E-state index >= 15 is 0 Å². The van der Waals surface area contributed by atoms with Crippen molar-refractivity contribution in [3.05, 3.63) is 88.5 Å². The molecule has 8 heteroatoms. The maximum atomic E-state index is 12.1. The zero-order valence-electron chi connectivity index (χ0n) is 25.5. The molecule has 1 aliphatic rings. The molecule has 0 heterocycles. The van der Waals surface area contributed by atoms with Gasteiger partial charge in [0.25, 0.3) is 0 Å². The predicted molar refractivity (Wildman–Crippen MR) is 170 cm³/mol. The molecule has 2 N–H and O–H groups in total. The van der Waals surface area contributed by atoms with Crippen LogP contribution in [0.15, 0.2) is 72.8 Å². The Morgan fingerprint density at radius 1 is 1.05 bits per heavy atom. The van der Waals surface area contributed by atoms with Gasteiger partial charge in [-0.2, -0.15) is 0 Å². The summed E-state index contributed by atoms with van der Waals surface area (Å²) in [4.78, 5) is 23.4. The number of carbonyl (C=O) groups is 1. The average Bonchev–Trinajstić information content (AvgIpc) is 3.34. The van der Waals surface area contributed by atoms with Crippen LogP contribution in [0.1, 0.15) is 64.4 Å². The largest absolute Gasteiger partial charge is 0.490 e. The fourth-order valence-corrected chi connectivity index (χ4v) is 6.19. The van der Waals surface area contributed by atoms with Crippen molar-refractivity contribution in [1.82, 2.24) is 0 Å². The smallest absolute Gasteiger partial charge is 0.306 e. The number of esters is 1. The minimum absolute atomic E-state index is 0.103. The van der Waals surface area contributed by atoms with Crippen molar-refractivity contribution >= 4 is 16.7 Å². The molecule has 0 amide bonds. The summed E-state index contributed by atoms with van der Waals surface area (Å²) < 4.78 is 11.7. The molecule has 1 fully saturated rings. The summed E-state index contributed by atoms with van der Waals surface area (Å²) in [5.74, 6) is 5.11. The molecule has 3 unspecified atom stereocenters. The van der Waals surface area contributed by atoms with Crippen LogP contribution in [-0.2, 0) is 16.0 Å². The fourth-order valence-electron chi connectivity index (χ4n) is 6.19. The third-order valence-corrected chi connectivity index (χ3v) is 8.31. The number of aliphatic hydroxyl groups excluding tert-OH is 2. The highest BCUT2D eigenvalue weighted by atomic mass is 16.6. The van der Waals surface area contributed by atoms with Crippen molar-refractivity contribution in [2.24, 2.45) is 11.8 Å². The van der Waals surface area contributed by atoms with Crippen molar-refractivity contribution in [2.75, 3.05) is 0 Å². The quantitative estimate of drug-likeness (QED) is 0.0750. The first-order chi connectivity index (χ1) is 21.2. The lowest BCUT2D eigenvalue weighted by molar-refractivity contribution is -0.539. The van der Waals surface area contributed by atoms with Crippen molar-refractivity contribution in [2.45, 2.75) is 95.7 Å². The minimum atomic E-state index is -1.19. The normalized spacial score (nSPS) is 20.9. The lowest BCUT2D eigenvalue weighted by atomic mass is 9.84. The van der Waals surface area contributed by atoms with E-state index in [1.807, 2.05) is 60.7 Å². The zero-order valence-corrected chi connectivity index (χ0v) is 25.5. The Labute approximate surface area is 259 Å². The first kappa shape index (κ1) is 33.0.